The smallest absolute Gasteiger partial charge is 0.304 e. The third-order valence-electron chi connectivity index (χ3n) is 3.01. The van der Waals surface area contributed by atoms with E-state index in [0.717, 1.165) is 13.0 Å². The van der Waals surface area contributed by atoms with Crippen molar-refractivity contribution in [3.8, 4) is 0 Å². The molecule has 1 aliphatic rings. The number of nitrogens with zero attached hydrogens (tertiary/aromatic N) is 1. The monoisotopic (exact) mass is 310 g/mol. The molecule has 0 saturated carbocycles. The molecule has 1 aromatic rings. The van der Waals surface area contributed by atoms with Crippen LogP contribution in [0.3, 0.4) is 0 Å². The van der Waals surface area contributed by atoms with E-state index in [-0.39, 0.29) is 28.3 Å². The number of halogens is 1. The number of hydrogen-bond acceptors (Lipinski definition) is 1. The molecule has 0 radical (unpaired) electrons. The minimum atomic E-state index is -0.0421. The van der Waals surface area contributed by atoms with Gasteiger partial charge in [-0.3, -0.25) is 4.79 Å². The Balaban J connectivity index is 0.00000162. The Kier molecular flexibility index (Phi) is 5.08. The molecule has 0 saturated heterocycles. The van der Waals surface area contributed by atoms with Gasteiger partial charge in [-0.25, -0.2) is 0 Å². The van der Waals surface area contributed by atoms with Crippen molar-refractivity contribution >= 4 is 12.1 Å². The first-order valence-corrected chi connectivity index (χ1v) is 6.06. The molecule has 18 heavy (non-hydrogen) atoms. The van der Waals surface area contributed by atoms with Crippen molar-refractivity contribution in [3.05, 3.63) is 35.9 Å². The third-order valence-corrected chi connectivity index (χ3v) is 3.01. The normalized spacial score (nSPS) is 17.3. The fourth-order valence-electron chi connectivity index (χ4n) is 2.13. The summed E-state index contributed by atoms with van der Waals surface area (Å²) in [6.45, 7) is 5.27. The van der Waals surface area contributed by atoms with Crippen LogP contribution in [0.5, 0.6) is 0 Å². The first kappa shape index (κ1) is 14.9. The maximum atomic E-state index is 12.0. The second kappa shape index (κ2) is 6.14. The van der Waals surface area contributed by atoms with Gasteiger partial charge in [-0.1, -0.05) is 32.0 Å². The molecule has 1 N–H and O–H groups in total. The lowest BCUT2D eigenvalue weighted by Crippen LogP contribution is -3.00. The Hall–Kier alpha value is -1.16. The Morgan fingerprint density at radius 3 is 2.56 bits per heavy atom. The van der Waals surface area contributed by atoms with E-state index in [1.54, 1.807) is 0 Å². The zero-order chi connectivity index (χ0) is 12.3. The van der Waals surface area contributed by atoms with Crippen LogP contribution in [0.25, 0.3) is 0 Å². The molecule has 0 atom stereocenters. The maximum absolute atomic E-state index is 12.0. The lowest BCUT2D eigenvalue weighted by molar-refractivity contribution is -0.575. The quantitative estimate of drug-likeness (QED) is 0.716. The molecular weight excluding hydrogens is 292 g/mol. The highest BCUT2D eigenvalue weighted by Crippen LogP contribution is 2.22. The molecule has 98 valence electrons. The zero-order valence-corrected chi connectivity index (χ0v) is 12.4. The summed E-state index contributed by atoms with van der Waals surface area (Å²) in [4.78, 5) is 12.0. The number of amides is 1. The highest BCUT2D eigenvalue weighted by Gasteiger charge is 2.27. The van der Waals surface area contributed by atoms with Crippen LogP contribution in [0, 0.1) is 5.41 Å². The summed E-state index contributed by atoms with van der Waals surface area (Å²) in [5.41, 5.74) is 3.80. The van der Waals surface area contributed by atoms with Crippen LogP contribution in [0.15, 0.2) is 30.3 Å². The van der Waals surface area contributed by atoms with Crippen molar-refractivity contribution in [2.45, 2.75) is 26.7 Å². The number of benzene rings is 1. The van der Waals surface area contributed by atoms with Crippen LogP contribution >= 0.6 is 0 Å². The number of rotatable bonds is 2. The van der Waals surface area contributed by atoms with Gasteiger partial charge in [-0.2, -0.15) is 0 Å². The van der Waals surface area contributed by atoms with E-state index in [2.05, 4.69) is 25.5 Å². The average molecular weight is 311 g/mol. The van der Waals surface area contributed by atoms with Gasteiger partial charge in [0.2, 0.25) is 0 Å². The second-order valence-corrected chi connectivity index (χ2v) is 5.22. The number of nitrogens with one attached hydrogen (secondary N) is 1. The zero-order valence-electron chi connectivity index (χ0n) is 10.8. The van der Waals surface area contributed by atoms with Crippen LogP contribution < -0.4 is 22.4 Å². The summed E-state index contributed by atoms with van der Waals surface area (Å²) in [5, 5.41) is 0. The van der Waals surface area contributed by atoms with Crippen LogP contribution in [-0.2, 0) is 0 Å². The first-order chi connectivity index (χ1) is 8.07. The highest BCUT2D eigenvalue weighted by molar-refractivity contribution is 5.93. The summed E-state index contributed by atoms with van der Waals surface area (Å²) < 4.78 is 1.92. The van der Waals surface area contributed by atoms with Gasteiger partial charge in [-0.15, -0.1) is 10.1 Å². The maximum Gasteiger partial charge on any atom is 0.304 e. The Morgan fingerprint density at radius 1 is 1.28 bits per heavy atom. The molecule has 1 amide bonds. The van der Waals surface area contributed by atoms with Gasteiger partial charge < -0.3 is 17.0 Å². The summed E-state index contributed by atoms with van der Waals surface area (Å²) >= 11 is 0. The molecule has 3 nitrogen and oxygen atoms in total. The summed E-state index contributed by atoms with van der Waals surface area (Å²) in [7, 11) is 0. The van der Waals surface area contributed by atoms with Crippen molar-refractivity contribution in [2.24, 2.45) is 5.41 Å². The van der Waals surface area contributed by atoms with Crippen molar-refractivity contribution in [1.29, 1.82) is 0 Å². The predicted octanol–water partition coefficient (Wildman–Crippen LogP) is -0.761. The highest BCUT2D eigenvalue weighted by atomic mass is 79.9. The van der Waals surface area contributed by atoms with Gasteiger partial charge in [0.05, 0.1) is 0 Å². The lowest BCUT2D eigenvalue weighted by Gasteiger charge is -2.21. The minimum Gasteiger partial charge on any atom is -1.00 e. The standard InChI is InChI=1S/C14H18N2O.BrH/c1-14(2)9-6-10-16(11-14)15-13(17)12-7-4-3-5-8-12;/h3-5,7-8,11H,6,9-10H2,1-2H3;1H. The van der Waals surface area contributed by atoms with Crippen molar-refractivity contribution in [1.82, 2.24) is 5.43 Å². The predicted molar refractivity (Wildman–Crippen MR) is 68.1 cm³/mol. The number of hydrazine groups is 1. The van der Waals surface area contributed by atoms with Gasteiger partial charge >= 0.3 is 5.91 Å². The van der Waals surface area contributed by atoms with E-state index in [4.69, 9.17) is 0 Å². The molecule has 1 aromatic carbocycles. The summed E-state index contributed by atoms with van der Waals surface area (Å²) in [6.07, 6.45) is 4.39. The van der Waals surface area contributed by atoms with Gasteiger partial charge in [0.15, 0.2) is 12.8 Å². The summed E-state index contributed by atoms with van der Waals surface area (Å²) in [6, 6.07) is 9.30. The molecule has 0 unspecified atom stereocenters. The van der Waals surface area contributed by atoms with Crippen molar-refractivity contribution < 1.29 is 26.5 Å². The Morgan fingerprint density at radius 2 is 1.94 bits per heavy atom. The minimum absolute atomic E-state index is 0. The fourth-order valence-corrected chi connectivity index (χ4v) is 2.13. The Labute approximate surface area is 119 Å². The van der Waals surface area contributed by atoms with Crippen LogP contribution in [-0.4, -0.2) is 23.4 Å². The van der Waals surface area contributed by atoms with Gasteiger partial charge in [0, 0.05) is 17.4 Å². The van der Waals surface area contributed by atoms with E-state index in [1.807, 2.05) is 35.0 Å². The third kappa shape index (κ3) is 3.95. The largest absolute Gasteiger partial charge is 1.00 e. The number of hydrogen-bond donors (Lipinski definition) is 1. The van der Waals surface area contributed by atoms with E-state index < -0.39 is 0 Å². The topological polar surface area (TPSA) is 32.1 Å². The van der Waals surface area contributed by atoms with Crippen LogP contribution in [0.4, 0.5) is 0 Å². The number of carbonyl (C=O) groups is 1. The molecule has 2 rings (SSSR count). The Bertz CT molecular complexity index is 440. The fraction of sp³-hybridized carbons (Fsp3) is 0.429. The molecule has 0 aromatic heterocycles. The van der Waals surface area contributed by atoms with Gasteiger partial charge in [0.1, 0.15) is 0 Å². The number of hydrazone groups is 1. The van der Waals surface area contributed by atoms with E-state index >= 15 is 0 Å². The molecular formula is C14H19BrN2O. The average Bonchev–Trinajstić information content (AvgIpc) is 2.29. The van der Waals surface area contributed by atoms with E-state index in [9.17, 15) is 4.79 Å². The SMILES string of the molecule is CC1(C)C=[N+](NC(=O)c2ccccc2)CCC1.[Br-]. The van der Waals surface area contributed by atoms with Crippen LogP contribution in [0.1, 0.15) is 37.0 Å². The molecule has 0 fully saturated rings. The molecule has 0 bridgehead atoms. The first-order valence-electron chi connectivity index (χ1n) is 6.06. The van der Waals surface area contributed by atoms with Gasteiger partial charge in [-0.05, 0) is 18.6 Å². The van der Waals surface area contributed by atoms with Crippen molar-refractivity contribution in [2.75, 3.05) is 6.54 Å². The van der Waals surface area contributed by atoms with E-state index in [0.29, 0.717) is 5.56 Å². The second-order valence-electron chi connectivity index (χ2n) is 5.22. The number of carbonyl (C=O) groups excluding carboxylic acids is 1. The molecule has 4 heteroatoms. The van der Waals surface area contributed by atoms with Crippen LogP contribution in [0.2, 0.25) is 0 Å². The molecule has 1 heterocycles. The molecule has 0 spiro atoms. The summed E-state index contributed by atoms with van der Waals surface area (Å²) in [5.74, 6) is -0.0421. The molecule has 1 aliphatic heterocycles. The lowest BCUT2D eigenvalue weighted by atomic mass is 9.87. The van der Waals surface area contributed by atoms with E-state index in [1.165, 1.54) is 6.42 Å². The van der Waals surface area contributed by atoms with Gasteiger partial charge in [0.25, 0.3) is 0 Å². The molecule has 0 aliphatic carbocycles. The van der Waals surface area contributed by atoms with Crippen molar-refractivity contribution in [3.63, 3.8) is 0 Å².